The van der Waals surface area contributed by atoms with Crippen LogP contribution in [0, 0.1) is 18.3 Å². The number of hydrogen-bond acceptors (Lipinski definition) is 7. The first-order chi connectivity index (χ1) is 14.3. The lowest BCUT2D eigenvalue weighted by Gasteiger charge is -2.05. The van der Waals surface area contributed by atoms with Crippen LogP contribution in [0.2, 0.25) is 0 Å². The maximum atomic E-state index is 12.2. The Morgan fingerprint density at radius 2 is 1.93 bits per heavy atom. The summed E-state index contributed by atoms with van der Waals surface area (Å²) in [5.41, 5.74) is 3.60. The van der Waals surface area contributed by atoms with Crippen molar-refractivity contribution in [3.05, 3.63) is 59.5 Å². The van der Waals surface area contributed by atoms with Crippen LogP contribution in [0.3, 0.4) is 0 Å². The Hall–Kier alpha value is -3.13. The number of benzene rings is 1. The van der Waals surface area contributed by atoms with Crippen LogP contribution < -0.4 is 10.0 Å². The molecule has 0 atom stereocenters. The van der Waals surface area contributed by atoms with Gasteiger partial charge in [-0.3, -0.25) is 9.78 Å². The van der Waals surface area contributed by atoms with Gasteiger partial charge in [-0.1, -0.05) is 35.6 Å². The van der Waals surface area contributed by atoms with Crippen molar-refractivity contribution in [2.24, 2.45) is 0 Å². The molecule has 3 rings (SSSR count). The van der Waals surface area contributed by atoms with Crippen LogP contribution in [0.5, 0.6) is 0 Å². The van der Waals surface area contributed by atoms with Crippen LogP contribution in [-0.2, 0) is 21.2 Å². The van der Waals surface area contributed by atoms with E-state index in [9.17, 15) is 13.2 Å². The predicted molar refractivity (Wildman–Crippen MR) is 114 cm³/mol. The number of rotatable bonds is 7. The fourth-order valence-electron chi connectivity index (χ4n) is 2.74. The molecule has 3 aromatic rings. The molecule has 0 saturated carbocycles. The summed E-state index contributed by atoms with van der Waals surface area (Å²) < 4.78 is 26.2. The van der Waals surface area contributed by atoms with E-state index in [2.05, 4.69) is 26.1 Å². The van der Waals surface area contributed by atoms with E-state index in [1.165, 1.54) is 13.2 Å². The number of amides is 1. The Kier molecular flexibility index (Phi) is 6.56. The Labute approximate surface area is 178 Å². The maximum absolute atomic E-state index is 12.2. The molecular weight excluding hydrogens is 422 g/mol. The molecule has 2 N–H and O–H groups in total. The van der Waals surface area contributed by atoms with Crippen LogP contribution in [-0.4, -0.2) is 31.3 Å². The summed E-state index contributed by atoms with van der Waals surface area (Å²) in [6, 6.07) is 11.5. The Morgan fingerprint density at radius 3 is 2.60 bits per heavy atom. The van der Waals surface area contributed by atoms with Gasteiger partial charge in [-0.05, 0) is 37.6 Å². The van der Waals surface area contributed by atoms with E-state index in [1.807, 2.05) is 24.3 Å². The fraction of sp³-hybridized carbons (Fsp3) is 0.200. The number of nitrogens with zero attached hydrogens (tertiary/aromatic N) is 3. The lowest BCUT2D eigenvalue weighted by Crippen LogP contribution is -2.18. The highest BCUT2D eigenvalue weighted by Gasteiger charge is 2.20. The topological polar surface area (TPSA) is 125 Å². The molecule has 0 saturated heterocycles. The number of carbonyl (C=O) groups is 1. The molecule has 0 unspecified atom stereocenters. The zero-order chi connectivity index (χ0) is 21.7. The number of carbonyl (C=O) groups excluding carboxylic acids is 1. The number of aromatic nitrogens is 2. The molecule has 0 aliphatic carbocycles. The van der Waals surface area contributed by atoms with Gasteiger partial charge in [0.15, 0.2) is 9.34 Å². The SMILES string of the molecule is CNS(=O)(=O)c1sc(NC(=O)CCc2ccc(-c3cncc(C#N)c3)cc2)nc1C. The zero-order valence-corrected chi connectivity index (χ0v) is 18.0. The second-order valence-electron chi connectivity index (χ2n) is 6.42. The van der Waals surface area contributed by atoms with E-state index >= 15 is 0 Å². The number of anilines is 1. The third-order valence-electron chi connectivity index (χ3n) is 4.31. The molecule has 0 bridgehead atoms. The minimum Gasteiger partial charge on any atom is -0.302 e. The van der Waals surface area contributed by atoms with E-state index in [0.29, 0.717) is 17.7 Å². The average Bonchev–Trinajstić information content (AvgIpc) is 3.13. The minimum absolute atomic E-state index is 0.0887. The molecule has 154 valence electrons. The van der Waals surface area contributed by atoms with Gasteiger partial charge in [-0.25, -0.2) is 18.1 Å². The number of sulfonamides is 1. The molecule has 10 heteroatoms. The molecule has 1 aromatic carbocycles. The first kappa shape index (κ1) is 21.6. The summed E-state index contributed by atoms with van der Waals surface area (Å²) in [5.74, 6) is -0.243. The summed E-state index contributed by atoms with van der Waals surface area (Å²) in [5, 5.41) is 11.9. The van der Waals surface area contributed by atoms with E-state index in [0.717, 1.165) is 28.0 Å². The molecule has 2 aromatic heterocycles. The number of nitrogens with one attached hydrogen (secondary N) is 2. The van der Waals surface area contributed by atoms with E-state index in [1.54, 1.807) is 19.2 Å². The van der Waals surface area contributed by atoms with Gasteiger partial charge in [-0.2, -0.15) is 5.26 Å². The molecule has 1 amide bonds. The average molecular weight is 442 g/mol. The number of nitriles is 1. The van der Waals surface area contributed by atoms with E-state index < -0.39 is 10.0 Å². The summed E-state index contributed by atoms with van der Waals surface area (Å²) in [4.78, 5) is 20.4. The van der Waals surface area contributed by atoms with Crippen molar-refractivity contribution in [1.82, 2.24) is 14.7 Å². The van der Waals surface area contributed by atoms with Gasteiger partial charge >= 0.3 is 0 Å². The van der Waals surface area contributed by atoms with Crippen molar-refractivity contribution in [2.45, 2.75) is 24.0 Å². The Bertz CT molecular complexity index is 1210. The van der Waals surface area contributed by atoms with Gasteiger partial charge < -0.3 is 5.32 Å². The van der Waals surface area contributed by atoms with Crippen LogP contribution >= 0.6 is 11.3 Å². The second kappa shape index (κ2) is 9.13. The Morgan fingerprint density at radius 1 is 1.20 bits per heavy atom. The predicted octanol–water partition coefficient (Wildman–Crippen LogP) is 2.86. The summed E-state index contributed by atoms with van der Waals surface area (Å²) in [6.07, 6.45) is 3.96. The van der Waals surface area contributed by atoms with Gasteiger partial charge in [0, 0.05) is 24.4 Å². The molecule has 2 heterocycles. The minimum atomic E-state index is -3.60. The highest BCUT2D eigenvalue weighted by molar-refractivity contribution is 7.91. The first-order valence-corrected chi connectivity index (χ1v) is 11.3. The smallest absolute Gasteiger partial charge is 0.251 e. The zero-order valence-electron chi connectivity index (χ0n) is 16.3. The van der Waals surface area contributed by atoms with Gasteiger partial charge in [-0.15, -0.1) is 0 Å². The molecule has 0 fully saturated rings. The second-order valence-corrected chi connectivity index (χ2v) is 9.50. The molecule has 8 nitrogen and oxygen atoms in total. The molecular formula is C20H19N5O3S2. The van der Waals surface area contributed by atoms with Crippen molar-refractivity contribution in [3.63, 3.8) is 0 Å². The third kappa shape index (κ3) is 5.07. The molecule has 0 radical (unpaired) electrons. The van der Waals surface area contributed by atoms with Gasteiger partial charge in [0.05, 0.1) is 11.3 Å². The molecule has 0 aliphatic rings. The lowest BCUT2D eigenvalue weighted by molar-refractivity contribution is -0.116. The van der Waals surface area contributed by atoms with Crippen LogP contribution in [0.25, 0.3) is 11.1 Å². The lowest BCUT2D eigenvalue weighted by atomic mass is 10.0. The summed E-state index contributed by atoms with van der Waals surface area (Å²) in [6.45, 7) is 1.58. The molecule has 0 aliphatic heterocycles. The summed E-state index contributed by atoms with van der Waals surface area (Å²) in [7, 11) is -2.27. The quantitative estimate of drug-likeness (QED) is 0.581. The van der Waals surface area contributed by atoms with Crippen molar-refractivity contribution >= 4 is 32.4 Å². The highest BCUT2D eigenvalue weighted by Crippen LogP contribution is 2.27. The van der Waals surface area contributed by atoms with Crippen LogP contribution in [0.1, 0.15) is 23.2 Å². The Balaban J connectivity index is 1.60. The maximum Gasteiger partial charge on any atom is 0.251 e. The number of aryl methyl sites for hydroxylation is 2. The van der Waals surface area contributed by atoms with Gasteiger partial charge in [0.1, 0.15) is 6.07 Å². The molecule has 30 heavy (non-hydrogen) atoms. The highest BCUT2D eigenvalue weighted by atomic mass is 32.2. The standard InChI is InChI=1S/C20H19N5O3S2/c1-13-19(30(27,28)22-2)29-20(24-13)25-18(26)8-5-14-3-6-16(7-4-14)17-9-15(10-21)11-23-12-17/h3-4,6-7,9,11-12,22H,5,8H2,1-2H3,(H,24,25,26). The number of thiazole rings is 1. The van der Waals surface area contributed by atoms with E-state index in [-0.39, 0.29) is 21.7 Å². The fourth-order valence-corrected chi connectivity index (χ4v) is 5.00. The first-order valence-electron chi connectivity index (χ1n) is 8.97. The largest absolute Gasteiger partial charge is 0.302 e. The van der Waals surface area contributed by atoms with Crippen molar-refractivity contribution in [2.75, 3.05) is 12.4 Å². The van der Waals surface area contributed by atoms with Crippen molar-refractivity contribution in [1.29, 1.82) is 5.26 Å². The monoisotopic (exact) mass is 441 g/mol. The van der Waals surface area contributed by atoms with Crippen LogP contribution in [0.15, 0.2) is 46.9 Å². The third-order valence-corrected chi connectivity index (χ3v) is 7.41. The van der Waals surface area contributed by atoms with Gasteiger partial charge in [0.2, 0.25) is 5.91 Å². The summed E-state index contributed by atoms with van der Waals surface area (Å²) >= 11 is 0.921. The normalized spacial score (nSPS) is 11.1. The number of hydrogen-bond donors (Lipinski definition) is 2. The molecule has 0 spiro atoms. The number of pyridine rings is 1. The van der Waals surface area contributed by atoms with Crippen molar-refractivity contribution in [3.8, 4) is 17.2 Å². The van der Waals surface area contributed by atoms with Crippen LogP contribution in [0.4, 0.5) is 5.13 Å². The van der Waals surface area contributed by atoms with Gasteiger partial charge in [0.25, 0.3) is 10.0 Å². The van der Waals surface area contributed by atoms with Crippen molar-refractivity contribution < 1.29 is 13.2 Å². The van der Waals surface area contributed by atoms with E-state index in [4.69, 9.17) is 5.26 Å².